The summed E-state index contributed by atoms with van der Waals surface area (Å²) in [6, 6.07) is 5.40. The van der Waals surface area contributed by atoms with E-state index in [-0.39, 0.29) is 10.8 Å². The lowest BCUT2D eigenvalue weighted by Crippen LogP contribution is -3.05. The van der Waals surface area contributed by atoms with Crippen molar-refractivity contribution in [2.24, 2.45) is 0 Å². The van der Waals surface area contributed by atoms with Gasteiger partial charge in [-0.25, -0.2) is 0 Å². The van der Waals surface area contributed by atoms with Gasteiger partial charge in [0, 0.05) is 6.07 Å². The zero-order valence-electron chi connectivity index (χ0n) is 7.77. The highest BCUT2D eigenvalue weighted by atomic mass is 16.5. The molecule has 5 nitrogen and oxygen atoms in total. The molecule has 1 aromatic carbocycles. The van der Waals surface area contributed by atoms with Crippen LogP contribution in [0.2, 0.25) is 0 Å². The number of ketones is 1. The molecule has 5 heteroatoms. The van der Waals surface area contributed by atoms with Gasteiger partial charge in [-0.15, -0.1) is 0 Å². The van der Waals surface area contributed by atoms with Crippen molar-refractivity contribution in [1.29, 1.82) is 0 Å². The minimum absolute atomic E-state index is 0.341. The smallest absolute Gasteiger partial charge is 0.309 e. The van der Waals surface area contributed by atoms with E-state index in [1.807, 2.05) is 0 Å². The van der Waals surface area contributed by atoms with Crippen LogP contribution in [0.3, 0.4) is 0 Å². The van der Waals surface area contributed by atoms with Crippen molar-refractivity contribution in [3.8, 4) is 0 Å². The summed E-state index contributed by atoms with van der Waals surface area (Å²) in [7, 11) is 0. The SMILES string of the molecule is O=C(O)CC1C(=O)c2ccccc2[NH+]1[O-]. The topological polar surface area (TPSA) is 81.9 Å². The van der Waals surface area contributed by atoms with Crippen molar-refractivity contribution < 1.29 is 19.8 Å². The van der Waals surface area contributed by atoms with Gasteiger partial charge in [-0.2, -0.15) is 0 Å². The Labute approximate surface area is 85.5 Å². The number of fused-ring (bicyclic) bond motifs is 1. The van der Waals surface area contributed by atoms with E-state index in [0.717, 1.165) is 0 Å². The third-order valence-corrected chi connectivity index (χ3v) is 2.47. The molecule has 2 N–H and O–H groups in total. The predicted octanol–water partition coefficient (Wildman–Crippen LogP) is -0.260. The van der Waals surface area contributed by atoms with Gasteiger partial charge in [0.25, 0.3) is 0 Å². The first-order chi connectivity index (χ1) is 7.11. The minimum atomic E-state index is -1.13. The van der Waals surface area contributed by atoms with Gasteiger partial charge in [0.1, 0.15) is 12.1 Å². The number of quaternary nitrogens is 1. The molecular formula is C10H9NO4. The van der Waals surface area contributed by atoms with E-state index < -0.39 is 18.4 Å². The van der Waals surface area contributed by atoms with Crippen molar-refractivity contribution in [3.63, 3.8) is 0 Å². The molecule has 1 aromatic rings. The van der Waals surface area contributed by atoms with Crippen LogP contribution < -0.4 is 5.06 Å². The van der Waals surface area contributed by atoms with E-state index in [9.17, 15) is 14.8 Å². The Balaban J connectivity index is 2.36. The highest BCUT2D eigenvalue weighted by Gasteiger charge is 2.39. The maximum absolute atomic E-state index is 11.7. The molecule has 0 spiro atoms. The fraction of sp³-hybridized carbons (Fsp3) is 0.200. The van der Waals surface area contributed by atoms with Gasteiger partial charge in [-0.3, -0.25) is 9.59 Å². The number of Topliss-reactive ketones (excluding diaryl/α,β-unsaturated/α-hetero) is 1. The quantitative estimate of drug-likeness (QED) is 0.654. The standard InChI is InChI=1S/C10H9NO4/c12-9(13)5-8-10(14)6-3-1-2-4-7(6)11(8)15/h1-4,8,11H,5H2,(H,12,13). The number of hydrogen-bond acceptors (Lipinski definition) is 3. The third-order valence-electron chi connectivity index (χ3n) is 2.47. The van der Waals surface area contributed by atoms with Crippen LogP contribution in [-0.2, 0) is 4.79 Å². The second-order valence-electron chi connectivity index (χ2n) is 3.42. The van der Waals surface area contributed by atoms with E-state index in [1.165, 1.54) is 0 Å². The molecule has 1 heterocycles. The third kappa shape index (κ3) is 1.51. The molecule has 0 bridgehead atoms. The summed E-state index contributed by atoms with van der Waals surface area (Å²) >= 11 is 0. The number of hydrogen-bond donors (Lipinski definition) is 2. The molecule has 2 rings (SSSR count). The molecule has 0 saturated carbocycles. The molecule has 0 fully saturated rings. The van der Waals surface area contributed by atoms with Crippen LogP contribution in [0.25, 0.3) is 0 Å². The first-order valence-corrected chi connectivity index (χ1v) is 4.50. The maximum Gasteiger partial charge on any atom is 0.309 e. The minimum Gasteiger partial charge on any atom is -0.628 e. The monoisotopic (exact) mass is 207 g/mol. The first-order valence-electron chi connectivity index (χ1n) is 4.50. The number of aliphatic carboxylic acids is 1. The number of carboxylic acid groups (broad SMARTS) is 1. The Hall–Kier alpha value is -1.72. The summed E-state index contributed by atoms with van der Waals surface area (Å²) in [5.74, 6) is -1.51. The van der Waals surface area contributed by atoms with Gasteiger partial charge in [-0.1, -0.05) is 12.1 Å². The van der Waals surface area contributed by atoms with Crippen LogP contribution in [0.15, 0.2) is 24.3 Å². The molecular weight excluding hydrogens is 198 g/mol. The van der Waals surface area contributed by atoms with Crippen molar-refractivity contribution >= 4 is 17.4 Å². The summed E-state index contributed by atoms with van der Waals surface area (Å²) in [4.78, 5) is 22.2. The van der Waals surface area contributed by atoms with Gasteiger partial charge in [-0.05, 0) is 6.07 Å². The number of nitrogens with one attached hydrogen (secondary N) is 1. The van der Waals surface area contributed by atoms with E-state index >= 15 is 0 Å². The number of rotatable bonds is 2. The summed E-state index contributed by atoms with van der Waals surface area (Å²) in [6.07, 6.45) is -0.424. The van der Waals surface area contributed by atoms with Crippen LogP contribution >= 0.6 is 0 Å². The van der Waals surface area contributed by atoms with Crippen molar-refractivity contribution in [1.82, 2.24) is 0 Å². The van der Waals surface area contributed by atoms with Gasteiger partial charge >= 0.3 is 5.97 Å². The second kappa shape index (κ2) is 3.45. The molecule has 0 aliphatic carbocycles. The molecule has 1 aliphatic rings. The van der Waals surface area contributed by atoms with Crippen LogP contribution in [-0.4, -0.2) is 22.9 Å². The van der Waals surface area contributed by atoms with E-state index in [2.05, 4.69) is 0 Å². The van der Waals surface area contributed by atoms with E-state index in [4.69, 9.17) is 5.11 Å². The average Bonchev–Trinajstić information content (AvgIpc) is 2.44. The number of benzene rings is 1. The normalized spacial score (nSPS) is 23.9. The second-order valence-corrected chi connectivity index (χ2v) is 3.42. The average molecular weight is 207 g/mol. The van der Waals surface area contributed by atoms with Crippen molar-refractivity contribution in [2.75, 3.05) is 0 Å². The van der Waals surface area contributed by atoms with Crippen LogP contribution in [0.5, 0.6) is 0 Å². The molecule has 15 heavy (non-hydrogen) atoms. The Kier molecular flexibility index (Phi) is 2.26. The summed E-state index contributed by atoms with van der Waals surface area (Å²) < 4.78 is 0. The Bertz CT molecular complexity index is 429. The largest absolute Gasteiger partial charge is 0.628 e. The van der Waals surface area contributed by atoms with Gasteiger partial charge in [0.15, 0.2) is 6.04 Å². The summed E-state index contributed by atoms with van der Waals surface area (Å²) in [5.41, 5.74) is 0.683. The van der Waals surface area contributed by atoms with Crippen LogP contribution in [0.4, 0.5) is 5.69 Å². The molecule has 0 saturated heterocycles. The predicted molar refractivity (Wildman–Crippen MR) is 50.8 cm³/mol. The van der Waals surface area contributed by atoms with E-state index in [0.29, 0.717) is 11.3 Å². The van der Waals surface area contributed by atoms with Crippen LogP contribution in [0, 0.1) is 5.21 Å². The van der Waals surface area contributed by atoms with Gasteiger partial charge in [0.2, 0.25) is 5.78 Å². The molecule has 1 aliphatic heterocycles. The number of carbonyl (C=O) groups is 2. The van der Waals surface area contributed by atoms with E-state index in [1.54, 1.807) is 24.3 Å². The molecule has 2 unspecified atom stereocenters. The number of hydroxylamine groups is 1. The Morgan fingerprint density at radius 1 is 1.47 bits per heavy atom. The van der Waals surface area contributed by atoms with Gasteiger partial charge < -0.3 is 15.4 Å². The lowest BCUT2D eigenvalue weighted by Gasteiger charge is -2.21. The highest BCUT2D eigenvalue weighted by molar-refractivity contribution is 6.06. The molecule has 0 amide bonds. The zero-order chi connectivity index (χ0) is 11.0. The maximum atomic E-state index is 11.7. The zero-order valence-corrected chi connectivity index (χ0v) is 7.77. The van der Waals surface area contributed by atoms with Crippen LogP contribution in [0.1, 0.15) is 16.8 Å². The number of carbonyl (C=O) groups excluding carboxylic acids is 1. The number of para-hydroxylation sites is 1. The lowest BCUT2D eigenvalue weighted by molar-refractivity contribution is -0.789. The molecule has 78 valence electrons. The molecule has 2 atom stereocenters. The number of carboxylic acids is 1. The fourth-order valence-electron chi connectivity index (χ4n) is 1.77. The lowest BCUT2D eigenvalue weighted by atomic mass is 10.1. The Morgan fingerprint density at radius 3 is 2.73 bits per heavy atom. The molecule has 0 radical (unpaired) electrons. The Morgan fingerprint density at radius 2 is 2.13 bits per heavy atom. The summed E-state index contributed by atoms with van der Waals surface area (Å²) in [6.45, 7) is 0. The summed E-state index contributed by atoms with van der Waals surface area (Å²) in [5, 5.41) is 19.9. The first kappa shape index (κ1) is 9.82. The highest BCUT2D eigenvalue weighted by Crippen LogP contribution is 2.19. The van der Waals surface area contributed by atoms with Crippen molar-refractivity contribution in [2.45, 2.75) is 12.5 Å². The van der Waals surface area contributed by atoms with Crippen molar-refractivity contribution in [3.05, 3.63) is 35.0 Å². The van der Waals surface area contributed by atoms with Gasteiger partial charge in [0.05, 0.1) is 5.56 Å². The fourth-order valence-corrected chi connectivity index (χ4v) is 1.77. The molecule has 0 aromatic heterocycles.